The molecule has 1 rings (SSSR count). The monoisotopic (exact) mass is 194 g/mol. The molecule has 1 heterocycles. The zero-order valence-corrected chi connectivity index (χ0v) is 9.22. The van der Waals surface area contributed by atoms with Crippen molar-refractivity contribution >= 4 is 5.78 Å². The highest BCUT2D eigenvalue weighted by atomic mass is 16.5. The third-order valence-electron chi connectivity index (χ3n) is 2.34. The molecule has 0 saturated carbocycles. The van der Waals surface area contributed by atoms with Crippen molar-refractivity contribution in [3.05, 3.63) is 24.0 Å². The van der Waals surface area contributed by atoms with Crippen LogP contribution in [-0.4, -0.2) is 12.4 Å². The van der Waals surface area contributed by atoms with E-state index in [0.29, 0.717) is 17.9 Å². The molecule has 2 nitrogen and oxygen atoms in total. The van der Waals surface area contributed by atoms with Crippen molar-refractivity contribution in [3.8, 4) is 0 Å². The number of ether oxygens (including phenoxy) is 1. The third-order valence-corrected chi connectivity index (χ3v) is 2.34. The summed E-state index contributed by atoms with van der Waals surface area (Å²) in [6.07, 6.45) is 3.79. The smallest absolute Gasteiger partial charge is 0.223 e. The van der Waals surface area contributed by atoms with Gasteiger partial charge in [-0.2, -0.15) is 0 Å². The van der Waals surface area contributed by atoms with Gasteiger partial charge < -0.3 is 4.74 Å². The topological polar surface area (TPSA) is 26.3 Å². The predicted molar refractivity (Wildman–Crippen MR) is 56.9 cm³/mol. The summed E-state index contributed by atoms with van der Waals surface area (Å²) in [6.45, 7) is 10.4. The molecular weight excluding hydrogens is 176 g/mol. The van der Waals surface area contributed by atoms with E-state index in [2.05, 4.69) is 6.58 Å². The fourth-order valence-corrected chi connectivity index (χ4v) is 1.21. The first-order valence-electron chi connectivity index (χ1n) is 5.00. The summed E-state index contributed by atoms with van der Waals surface area (Å²) in [4.78, 5) is 11.9. The lowest BCUT2D eigenvalue weighted by Gasteiger charge is -2.22. The van der Waals surface area contributed by atoms with Gasteiger partial charge in [-0.15, -0.1) is 0 Å². The third kappa shape index (κ3) is 2.47. The lowest BCUT2D eigenvalue weighted by atomic mass is 9.84. The summed E-state index contributed by atoms with van der Waals surface area (Å²) in [5, 5.41) is 0. The van der Waals surface area contributed by atoms with Gasteiger partial charge in [-0.1, -0.05) is 27.4 Å². The quantitative estimate of drug-likeness (QED) is 0.632. The maximum absolute atomic E-state index is 11.9. The number of hydrogen-bond donors (Lipinski definition) is 0. The first-order valence-corrected chi connectivity index (χ1v) is 5.00. The van der Waals surface area contributed by atoms with E-state index >= 15 is 0 Å². The van der Waals surface area contributed by atoms with Crippen LogP contribution in [0.4, 0.5) is 0 Å². The Kier molecular flexibility index (Phi) is 3.14. The maximum Gasteiger partial charge on any atom is 0.223 e. The molecule has 0 bridgehead atoms. The van der Waals surface area contributed by atoms with Gasteiger partial charge in [0.15, 0.2) is 5.76 Å². The Morgan fingerprint density at radius 3 is 2.57 bits per heavy atom. The molecule has 1 aliphatic rings. The molecule has 2 heteroatoms. The van der Waals surface area contributed by atoms with E-state index in [1.807, 2.05) is 26.8 Å². The second kappa shape index (κ2) is 3.99. The van der Waals surface area contributed by atoms with Crippen molar-refractivity contribution in [2.24, 2.45) is 5.41 Å². The summed E-state index contributed by atoms with van der Waals surface area (Å²) in [6, 6.07) is 0. The van der Waals surface area contributed by atoms with Crippen molar-refractivity contribution in [2.45, 2.75) is 33.6 Å². The molecule has 1 aliphatic heterocycles. The molecule has 0 saturated heterocycles. The van der Waals surface area contributed by atoms with Crippen LogP contribution in [0.1, 0.15) is 33.6 Å². The fourth-order valence-electron chi connectivity index (χ4n) is 1.21. The van der Waals surface area contributed by atoms with Gasteiger partial charge in [-0.05, 0) is 24.3 Å². The number of rotatable bonds is 2. The lowest BCUT2D eigenvalue weighted by molar-refractivity contribution is -0.116. The Labute approximate surface area is 85.6 Å². The molecule has 0 aromatic rings. The molecule has 14 heavy (non-hydrogen) atoms. The summed E-state index contributed by atoms with van der Waals surface area (Å²) in [7, 11) is 0. The Morgan fingerprint density at radius 2 is 2.14 bits per heavy atom. The van der Waals surface area contributed by atoms with Gasteiger partial charge in [0.2, 0.25) is 5.78 Å². The van der Waals surface area contributed by atoms with E-state index < -0.39 is 0 Å². The first kappa shape index (κ1) is 11.0. The van der Waals surface area contributed by atoms with Gasteiger partial charge in [0.05, 0.1) is 6.61 Å². The van der Waals surface area contributed by atoms with E-state index in [9.17, 15) is 4.79 Å². The summed E-state index contributed by atoms with van der Waals surface area (Å²) < 4.78 is 5.31. The molecule has 0 atom stereocenters. The minimum Gasteiger partial charge on any atom is -0.490 e. The molecule has 0 fully saturated rings. The van der Waals surface area contributed by atoms with Gasteiger partial charge in [-0.3, -0.25) is 4.79 Å². The second-order valence-electron chi connectivity index (χ2n) is 4.62. The van der Waals surface area contributed by atoms with E-state index in [1.54, 1.807) is 0 Å². The van der Waals surface area contributed by atoms with Gasteiger partial charge in [0.1, 0.15) is 0 Å². The molecule has 78 valence electrons. The van der Waals surface area contributed by atoms with Crippen LogP contribution in [0.3, 0.4) is 0 Å². The normalized spacial score (nSPS) is 16.9. The highest BCUT2D eigenvalue weighted by molar-refractivity contribution is 6.07. The molecule has 0 unspecified atom stereocenters. The van der Waals surface area contributed by atoms with Crippen LogP contribution in [0.5, 0.6) is 0 Å². The van der Waals surface area contributed by atoms with Crippen LogP contribution in [0, 0.1) is 5.41 Å². The summed E-state index contributed by atoms with van der Waals surface area (Å²) in [5.74, 6) is 0.438. The van der Waals surface area contributed by atoms with Crippen molar-refractivity contribution in [1.82, 2.24) is 0 Å². The van der Waals surface area contributed by atoms with Crippen molar-refractivity contribution < 1.29 is 9.53 Å². The van der Waals surface area contributed by atoms with Crippen LogP contribution < -0.4 is 0 Å². The van der Waals surface area contributed by atoms with Crippen LogP contribution in [0.25, 0.3) is 0 Å². The molecule has 0 amide bonds. The number of carbonyl (C=O) groups is 1. The Morgan fingerprint density at radius 1 is 1.50 bits per heavy atom. The van der Waals surface area contributed by atoms with Gasteiger partial charge in [-0.25, -0.2) is 0 Å². The van der Waals surface area contributed by atoms with Crippen molar-refractivity contribution in [3.63, 3.8) is 0 Å². The van der Waals surface area contributed by atoms with Gasteiger partial charge >= 0.3 is 0 Å². The molecule has 0 aromatic carbocycles. The van der Waals surface area contributed by atoms with Gasteiger partial charge in [0, 0.05) is 5.57 Å². The number of carbonyl (C=O) groups excluding carboxylic acids is 1. The zero-order chi connectivity index (χ0) is 10.8. The average molecular weight is 194 g/mol. The Hall–Kier alpha value is -1.05. The number of hydrogen-bond acceptors (Lipinski definition) is 2. The number of Topliss-reactive ketones (excluding diaryl/α,β-unsaturated/α-hetero) is 1. The van der Waals surface area contributed by atoms with E-state index in [-0.39, 0.29) is 11.2 Å². The Bertz CT molecular complexity index is 279. The van der Waals surface area contributed by atoms with Crippen molar-refractivity contribution in [1.29, 1.82) is 0 Å². The molecule has 0 spiro atoms. The SMILES string of the molecule is C=C(C(=O)C1=CCCCO1)C(C)(C)C. The molecule has 0 N–H and O–H groups in total. The average Bonchev–Trinajstić information content (AvgIpc) is 2.15. The molecule has 0 aromatic heterocycles. The van der Waals surface area contributed by atoms with Gasteiger partial charge in [0.25, 0.3) is 0 Å². The molecular formula is C12H18O2. The molecule has 0 radical (unpaired) electrons. The molecule has 0 aliphatic carbocycles. The summed E-state index contributed by atoms with van der Waals surface area (Å²) >= 11 is 0. The lowest BCUT2D eigenvalue weighted by Crippen LogP contribution is -2.21. The van der Waals surface area contributed by atoms with Crippen molar-refractivity contribution in [2.75, 3.05) is 6.61 Å². The van der Waals surface area contributed by atoms with E-state index in [0.717, 1.165) is 12.8 Å². The van der Waals surface area contributed by atoms with E-state index in [1.165, 1.54) is 0 Å². The van der Waals surface area contributed by atoms with Crippen LogP contribution >= 0.6 is 0 Å². The Balaban J connectivity index is 2.75. The summed E-state index contributed by atoms with van der Waals surface area (Å²) in [5.41, 5.74) is 0.435. The standard InChI is InChI=1S/C12H18O2/c1-9(12(2,3)4)11(13)10-7-5-6-8-14-10/h7H,1,5-6,8H2,2-4H3. The number of ketones is 1. The van der Waals surface area contributed by atoms with Crippen LogP contribution in [0.15, 0.2) is 24.0 Å². The highest BCUT2D eigenvalue weighted by Crippen LogP contribution is 2.27. The fraction of sp³-hybridized carbons (Fsp3) is 0.583. The van der Waals surface area contributed by atoms with Crippen LogP contribution in [-0.2, 0) is 9.53 Å². The zero-order valence-electron chi connectivity index (χ0n) is 9.22. The maximum atomic E-state index is 11.9. The largest absolute Gasteiger partial charge is 0.490 e. The first-order chi connectivity index (χ1) is 6.43. The highest BCUT2D eigenvalue weighted by Gasteiger charge is 2.25. The second-order valence-corrected chi connectivity index (χ2v) is 4.62. The minimum atomic E-state index is -0.182. The van der Waals surface area contributed by atoms with Crippen LogP contribution in [0.2, 0.25) is 0 Å². The number of allylic oxidation sites excluding steroid dienone is 2. The predicted octanol–water partition coefficient (Wildman–Crippen LogP) is 2.85. The minimum absolute atomic E-state index is 0.0443. The van der Waals surface area contributed by atoms with E-state index in [4.69, 9.17) is 4.74 Å².